The number of nitrogens with zero attached hydrogens (tertiary/aromatic N) is 4. The number of piperidine rings is 1. The van der Waals surface area contributed by atoms with Crippen molar-refractivity contribution in [2.75, 3.05) is 33.4 Å². The van der Waals surface area contributed by atoms with Gasteiger partial charge in [0.1, 0.15) is 17.5 Å². The molecule has 1 aromatic carbocycles. The van der Waals surface area contributed by atoms with Crippen molar-refractivity contribution in [3.8, 4) is 17.0 Å². The van der Waals surface area contributed by atoms with Crippen LogP contribution in [0.3, 0.4) is 0 Å². The number of amides is 1. The van der Waals surface area contributed by atoms with E-state index in [4.69, 9.17) is 9.47 Å². The second-order valence-electron chi connectivity index (χ2n) is 9.27. The van der Waals surface area contributed by atoms with Gasteiger partial charge in [0.15, 0.2) is 0 Å². The van der Waals surface area contributed by atoms with Gasteiger partial charge < -0.3 is 24.8 Å². The normalized spacial score (nSPS) is 23.5. The van der Waals surface area contributed by atoms with Gasteiger partial charge in [0, 0.05) is 25.1 Å². The Morgan fingerprint density at radius 3 is 2.71 bits per heavy atom. The predicted octanol–water partition coefficient (Wildman–Crippen LogP) is 2.24. The third-order valence-electron chi connectivity index (χ3n) is 6.85. The van der Waals surface area contributed by atoms with Crippen LogP contribution in [-0.2, 0) is 16.1 Å². The number of ether oxygens (including phenoxy) is 2. The number of carbonyl (C=O) groups excluding carboxylic acids is 1. The van der Waals surface area contributed by atoms with E-state index in [0.29, 0.717) is 13.0 Å². The topological polar surface area (TPSA) is 102 Å². The first-order chi connectivity index (χ1) is 16.6. The standard InChI is InChI=1S/C25H37N5O4/c1-33-20-7-5-19(6-8-20)23-17-30(28-27-23)16-11-21-9-10-22(24(18-31)34-21)26-25(32)12-15-29-13-3-2-4-14-29/h5-8,17,21-22,24,31H,2-4,9-16,18H2,1H3,(H,26,32)/t21-,22-,24-/m1/s1. The Labute approximate surface area is 201 Å². The van der Waals surface area contributed by atoms with Crippen LogP contribution in [-0.4, -0.2) is 82.5 Å². The maximum absolute atomic E-state index is 12.5. The third kappa shape index (κ3) is 6.77. The smallest absolute Gasteiger partial charge is 0.221 e. The molecular weight excluding hydrogens is 434 g/mol. The minimum absolute atomic E-state index is 0.0206. The van der Waals surface area contributed by atoms with Crippen molar-refractivity contribution < 1.29 is 19.4 Å². The van der Waals surface area contributed by atoms with E-state index < -0.39 is 0 Å². The Kier molecular flexibility index (Phi) is 8.90. The van der Waals surface area contributed by atoms with Gasteiger partial charge in [-0.1, -0.05) is 11.6 Å². The molecule has 0 radical (unpaired) electrons. The highest BCUT2D eigenvalue weighted by molar-refractivity contribution is 5.76. The Morgan fingerprint density at radius 2 is 1.97 bits per heavy atom. The molecule has 0 bridgehead atoms. The number of hydrogen-bond acceptors (Lipinski definition) is 7. The van der Waals surface area contributed by atoms with Gasteiger partial charge in [0.25, 0.3) is 0 Å². The summed E-state index contributed by atoms with van der Waals surface area (Å²) in [5.74, 6) is 0.852. The van der Waals surface area contributed by atoms with Crippen LogP contribution in [0, 0.1) is 0 Å². The molecule has 186 valence electrons. The lowest BCUT2D eigenvalue weighted by Crippen LogP contribution is -2.51. The minimum atomic E-state index is -0.372. The van der Waals surface area contributed by atoms with Gasteiger partial charge in [-0.3, -0.25) is 9.48 Å². The first-order valence-electron chi connectivity index (χ1n) is 12.5. The summed E-state index contributed by atoms with van der Waals surface area (Å²) in [7, 11) is 1.65. The number of aromatic nitrogens is 3. The third-order valence-corrected chi connectivity index (χ3v) is 6.85. The van der Waals surface area contributed by atoms with Crippen LogP contribution in [0.5, 0.6) is 5.75 Å². The summed E-state index contributed by atoms with van der Waals surface area (Å²) in [5.41, 5.74) is 1.80. The van der Waals surface area contributed by atoms with Crippen LogP contribution in [0.15, 0.2) is 30.5 Å². The number of benzene rings is 1. The molecule has 1 aromatic heterocycles. The van der Waals surface area contributed by atoms with E-state index in [1.807, 2.05) is 35.1 Å². The molecule has 2 saturated heterocycles. The van der Waals surface area contributed by atoms with Crippen molar-refractivity contribution >= 4 is 5.91 Å². The van der Waals surface area contributed by atoms with Crippen molar-refractivity contribution in [2.45, 2.75) is 69.7 Å². The Balaban J connectivity index is 1.21. The number of aryl methyl sites for hydroxylation is 1. The summed E-state index contributed by atoms with van der Waals surface area (Å²) >= 11 is 0. The molecule has 0 saturated carbocycles. The van der Waals surface area contributed by atoms with Crippen molar-refractivity contribution in [1.29, 1.82) is 0 Å². The molecule has 0 aliphatic carbocycles. The van der Waals surface area contributed by atoms with Crippen LogP contribution < -0.4 is 10.1 Å². The molecule has 1 amide bonds. The molecule has 2 aromatic rings. The zero-order valence-corrected chi connectivity index (χ0v) is 20.1. The van der Waals surface area contributed by atoms with Gasteiger partial charge in [-0.2, -0.15) is 0 Å². The maximum Gasteiger partial charge on any atom is 0.221 e. The van der Waals surface area contributed by atoms with Gasteiger partial charge in [0.2, 0.25) is 5.91 Å². The van der Waals surface area contributed by atoms with E-state index >= 15 is 0 Å². The molecule has 2 N–H and O–H groups in total. The number of nitrogens with one attached hydrogen (secondary N) is 1. The second-order valence-corrected chi connectivity index (χ2v) is 9.27. The summed E-state index contributed by atoms with van der Waals surface area (Å²) in [5, 5.41) is 21.5. The van der Waals surface area contributed by atoms with E-state index in [-0.39, 0.29) is 30.8 Å². The van der Waals surface area contributed by atoms with E-state index in [0.717, 1.165) is 55.9 Å². The van der Waals surface area contributed by atoms with Gasteiger partial charge in [-0.05, 0) is 69.5 Å². The molecule has 0 unspecified atom stereocenters. The predicted molar refractivity (Wildman–Crippen MR) is 128 cm³/mol. The minimum Gasteiger partial charge on any atom is -0.497 e. The fourth-order valence-electron chi connectivity index (χ4n) is 4.81. The van der Waals surface area contributed by atoms with Crippen LogP contribution in [0.2, 0.25) is 0 Å². The molecule has 2 fully saturated rings. The zero-order chi connectivity index (χ0) is 23.8. The first kappa shape index (κ1) is 24.6. The van der Waals surface area contributed by atoms with Gasteiger partial charge in [0.05, 0.1) is 32.1 Å². The zero-order valence-electron chi connectivity index (χ0n) is 20.1. The number of aliphatic hydroxyl groups excluding tert-OH is 1. The second kappa shape index (κ2) is 12.3. The lowest BCUT2D eigenvalue weighted by molar-refractivity contribution is -0.129. The Morgan fingerprint density at radius 1 is 1.18 bits per heavy atom. The molecular formula is C25H37N5O4. The van der Waals surface area contributed by atoms with E-state index in [1.54, 1.807) is 7.11 Å². The summed E-state index contributed by atoms with van der Waals surface area (Å²) in [6.07, 6.45) is 8.25. The average molecular weight is 472 g/mol. The number of hydrogen-bond donors (Lipinski definition) is 2. The van der Waals surface area contributed by atoms with Gasteiger partial charge in [-0.15, -0.1) is 5.10 Å². The van der Waals surface area contributed by atoms with Crippen molar-refractivity contribution in [1.82, 2.24) is 25.2 Å². The molecule has 9 nitrogen and oxygen atoms in total. The highest BCUT2D eigenvalue weighted by Crippen LogP contribution is 2.24. The molecule has 3 heterocycles. The van der Waals surface area contributed by atoms with Crippen LogP contribution in [0.25, 0.3) is 11.3 Å². The molecule has 2 aliphatic rings. The SMILES string of the molecule is COc1ccc(-c2cn(CC[C@H]3CC[C@@H](NC(=O)CCN4CCCCC4)[C@@H](CO)O3)nn2)cc1. The maximum atomic E-state index is 12.5. The van der Waals surface area contributed by atoms with Crippen LogP contribution >= 0.6 is 0 Å². The monoisotopic (exact) mass is 471 g/mol. The van der Waals surface area contributed by atoms with Crippen molar-refractivity contribution in [2.24, 2.45) is 0 Å². The summed E-state index contributed by atoms with van der Waals surface area (Å²) in [6, 6.07) is 7.60. The van der Waals surface area contributed by atoms with E-state index in [1.165, 1.54) is 19.3 Å². The fraction of sp³-hybridized carbons (Fsp3) is 0.640. The number of likely N-dealkylation sites (tertiary alicyclic amines) is 1. The largest absolute Gasteiger partial charge is 0.497 e. The van der Waals surface area contributed by atoms with E-state index in [2.05, 4.69) is 20.5 Å². The fourth-order valence-corrected chi connectivity index (χ4v) is 4.81. The van der Waals surface area contributed by atoms with Crippen molar-refractivity contribution in [3.05, 3.63) is 30.5 Å². The molecule has 0 spiro atoms. The van der Waals surface area contributed by atoms with Crippen molar-refractivity contribution in [3.63, 3.8) is 0 Å². The summed E-state index contributed by atoms with van der Waals surface area (Å²) in [6.45, 7) is 3.57. The molecule has 34 heavy (non-hydrogen) atoms. The number of rotatable bonds is 10. The molecule has 9 heteroatoms. The number of aliphatic hydroxyl groups is 1. The number of methoxy groups -OCH3 is 1. The summed E-state index contributed by atoms with van der Waals surface area (Å²) < 4.78 is 13.2. The highest BCUT2D eigenvalue weighted by atomic mass is 16.5. The number of carbonyl (C=O) groups is 1. The Bertz CT molecular complexity index is 897. The highest BCUT2D eigenvalue weighted by Gasteiger charge is 2.31. The quantitative estimate of drug-likeness (QED) is 0.548. The van der Waals surface area contributed by atoms with Crippen LogP contribution in [0.4, 0.5) is 0 Å². The Hall–Kier alpha value is -2.49. The molecule has 4 rings (SSSR count). The summed E-state index contributed by atoms with van der Waals surface area (Å²) in [4.78, 5) is 14.8. The van der Waals surface area contributed by atoms with E-state index in [9.17, 15) is 9.90 Å². The molecule has 3 atom stereocenters. The molecule has 2 aliphatic heterocycles. The van der Waals surface area contributed by atoms with Gasteiger partial charge in [-0.25, -0.2) is 0 Å². The first-order valence-corrected chi connectivity index (χ1v) is 12.5. The lowest BCUT2D eigenvalue weighted by Gasteiger charge is -2.36. The van der Waals surface area contributed by atoms with Gasteiger partial charge >= 0.3 is 0 Å². The lowest BCUT2D eigenvalue weighted by atomic mass is 9.97. The van der Waals surface area contributed by atoms with Crippen LogP contribution in [0.1, 0.15) is 44.9 Å². The average Bonchev–Trinajstić information content (AvgIpc) is 3.36.